The van der Waals surface area contributed by atoms with Gasteiger partial charge in [-0.1, -0.05) is 25.3 Å². The second kappa shape index (κ2) is 6.19. The van der Waals surface area contributed by atoms with Gasteiger partial charge in [0.05, 0.1) is 5.69 Å². The summed E-state index contributed by atoms with van der Waals surface area (Å²) in [4.78, 5) is 2.12. The third kappa shape index (κ3) is 3.02. The highest BCUT2D eigenvalue weighted by molar-refractivity contribution is 5.49. The summed E-state index contributed by atoms with van der Waals surface area (Å²) in [5.41, 5.74) is 1.73. The molecule has 0 heterocycles. The average Bonchev–Trinajstić information content (AvgIpc) is 2.40. The Morgan fingerprint density at radius 2 is 2.00 bits per heavy atom. The maximum Gasteiger partial charge on any atom is 0.146 e. The molecule has 1 fully saturated rings. The summed E-state index contributed by atoms with van der Waals surface area (Å²) in [6.07, 6.45) is 6.25. The fraction of sp³-hybridized carbons (Fsp3) is 0.600. The Labute approximate surface area is 109 Å². The Balaban J connectivity index is 2.11. The van der Waals surface area contributed by atoms with Crippen LogP contribution in [-0.4, -0.2) is 20.1 Å². The maximum atomic E-state index is 14.1. The maximum absolute atomic E-state index is 14.1. The fourth-order valence-electron chi connectivity index (χ4n) is 2.82. The lowest BCUT2D eigenvalue weighted by Crippen LogP contribution is -2.33. The van der Waals surface area contributed by atoms with Crippen LogP contribution < -0.4 is 10.2 Å². The molecule has 0 bridgehead atoms. The van der Waals surface area contributed by atoms with Crippen LogP contribution in [0.1, 0.15) is 37.7 Å². The molecule has 0 unspecified atom stereocenters. The Kier molecular flexibility index (Phi) is 4.59. The molecule has 3 heteroatoms. The zero-order valence-electron chi connectivity index (χ0n) is 11.4. The van der Waals surface area contributed by atoms with Gasteiger partial charge in [0, 0.05) is 19.6 Å². The molecule has 1 aliphatic carbocycles. The van der Waals surface area contributed by atoms with Gasteiger partial charge < -0.3 is 10.2 Å². The van der Waals surface area contributed by atoms with Gasteiger partial charge in [-0.15, -0.1) is 0 Å². The molecule has 2 nitrogen and oxygen atoms in total. The largest absolute Gasteiger partial charge is 0.369 e. The van der Waals surface area contributed by atoms with Crippen molar-refractivity contribution in [2.24, 2.45) is 0 Å². The molecule has 18 heavy (non-hydrogen) atoms. The van der Waals surface area contributed by atoms with E-state index in [1.54, 1.807) is 6.07 Å². The molecule has 0 spiro atoms. The van der Waals surface area contributed by atoms with E-state index in [9.17, 15) is 4.39 Å². The van der Waals surface area contributed by atoms with Crippen molar-refractivity contribution in [3.63, 3.8) is 0 Å². The van der Waals surface area contributed by atoms with E-state index in [2.05, 4.69) is 10.2 Å². The first-order valence-corrected chi connectivity index (χ1v) is 6.88. The Morgan fingerprint density at radius 1 is 1.28 bits per heavy atom. The van der Waals surface area contributed by atoms with Crippen molar-refractivity contribution >= 4 is 5.69 Å². The van der Waals surface area contributed by atoms with Crippen LogP contribution in [0.3, 0.4) is 0 Å². The molecule has 0 amide bonds. The summed E-state index contributed by atoms with van der Waals surface area (Å²) < 4.78 is 14.1. The molecule has 0 aliphatic heterocycles. The fourth-order valence-corrected chi connectivity index (χ4v) is 2.82. The van der Waals surface area contributed by atoms with Crippen molar-refractivity contribution in [2.75, 3.05) is 19.0 Å². The number of nitrogens with one attached hydrogen (secondary N) is 1. The number of rotatable bonds is 4. The molecule has 1 N–H and O–H groups in total. The highest BCUT2D eigenvalue weighted by atomic mass is 19.1. The lowest BCUT2D eigenvalue weighted by Gasteiger charge is -2.33. The third-order valence-electron chi connectivity index (χ3n) is 3.90. The van der Waals surface area contributed by atoms with Gasteiger partial charge in [-0.25, -0.2) is 4.39 Å². The van der Waals surface area contributed by atoms with Crippen LogP contribution in [0.25, 0.3) is 0 Å². The van der Waals surface area contributed by atoms with Crippen LogP contribution in [0.4, 0.5) is 10.1 Å². The topological polar surface area (TPSA) is 15.3 Å². The predicted octanol–water partition coefficient (Wildman–Crippen LogP) is 3.31. The van der Waals surface area contributed by atoms with E-state index in [-0.39, 0.29) is 5.82 Å². The van der Waals surface area contributed by atoms with Crippen molar-refractivity contribution in [3.05, 3.63) is 29.6 Å². The highest BCUT2D eigenvalue weighted by Crippen LogP contribution is 2.28. The van der Waals surface area contributed by atoms with Crippen molar-refractivity contribution in [3.8, 4) is 0 Å². The number of anilines is 1. The van der Waals surface area contributed by atoms with Gasteiger partial charge in [0.1, 0.15) is 5.82 Å². The van der Waals surface area contributed by atoms with E-state index in [1.807, 2.05) is 26.2 Å². The van der Waals surface area contributed by atoms with Crippen molar-refractivity contribution in [1.82, 2.24) is 5.32 Å². The van der Waals surface area contributed by atoms with Crippen LogP contribution in [0.2, 0.25) is 0 Å². The molecule has 1 aromatic rings. The lowest BCUT2D eigenvalue weighted by atomic mass is 9.94. The van der Waals surface area contributed by atoms with Gasteiger partial charge in [-0.3, -0.25) is 0 Å². The minimum absolute atomic E-state index is 0.101. The minimum Gasteiger partial charge on any atom is -0.369 e. The summed E-state index contributed by atoms with van der Waals surface area (Å²) in [5.74, 6) is -0.101. The molecule has 1 saturated carbocycles. The first kappa shape index (κ1) is 13.3. The van der Waals surface area contributed by atoms with Crippen molar-refractivity contribution < 1.29 is 4.39 Å². The zero-order chi connectivity index (χ0) is 13.0. The van der Waals surface area contributed by atoms with E-state index in [0.29, 0.717) is 12.6 Å². The average molecular weight is 250 g/mol. The first-order valence-electron chi connectivity index (χ1n) is 6.88. The van der Waals surface area contributed by atoms with Crippen molar-refractivity contribution in [1.29, 1.82) is 0 Å². The molecular weight excluding hydrogens is 227 g/mol. The summed E-state index contributed by atoms with van der Waals surface area (Å²) in [6, 6.07) is 6.07. The summed E-state index contributed by atoms with van der Waals surface area (Å²) >= 11 is 0. The van der Waals surface area contributed by atoms with Gasteiger partial charge in [0.15, 0.2) is 0 Å². The van der Waals surface area contributed by atoms with Gasteiger partial charge >= 0.3 is 0 Å². The van der Waals surface area contributed by atoms with Crippen LogP contribution in [0.15, 0.2) is 18.2 Å². The zero-order valence-corrected chi connectivity index (χ0v) is 11.4. The Bertz CT molecular complexity index is 386. The molecule has 2 rings (SSSR count). The quantitative estimate of drug-likeness (QED) is 0.882. The second-order valence-corrected chi connectivity index (χ2v) is 5.22. The smallest absolute Gasteiger partial charge is 0.146 e. The van der Waals surface area contributed by atoms with E-state index >= 15 is 0 Å². The number of hydrogen-bond acceptors (Lipinski definition) is 2. The standard InChI is InChI=1S/C15H23FN2/c1-17-11-12-8-9-15(14(16)10-12)18(2)13-6-4-3-5-7-13/h8-10,13,17H,3-7,11H2,1-2H3. The number of benzene rings is 1. The van der Waals surface area contributed by atoms with Gasteiger partial charge in [-0.05, 0) is 37.6 Å². The van der Waals surface area contributed by atoms with E-state index < -0.39 is 0 Å². The van der Waals surface area contributed by atoms with Crippen LogP contribution in [0.5, 0.6) is 0 Å². The molecule has 0 saturated heterocycles. The second-order valence-electron chi connectivity index (χ2n) is 5.22. The molecule has 0 atom stereocenters. The molecule has 1 aromatic carbocycles. The number of hydrogen-bond donors (Lipinski definition) is 1. The molecule has 0 radical (unpaired) electrons. The summed E-state index contributed by atoms with van der Waals surface area (Å²) in [7, 11) is 3.89. The molecular formula is C15H23FN2. The van der Waals surface area contributed by atoms with Crippen LogP contribution in [-0.2, 0) is 6.54 Å². The number of halogens is 1. The van der Waals surface area contributed by atoms with Gasteiger partial charge in [-0.2, -0.15) is 0 Å². The monoisotopic (exact) mass is 250 g/mol. The lowest BCUT2D eigenvalue weighted by molar-refractivity contribution is 0.424. The number of nitrogens with zero attached hydrogens (tertiary/aromatic N) is 1. The molecule has 1 aliphatic rings. The van der Waals surface area contributed by atoms with E-state index in [0.717, 1.165) is 11.3 Å². The van der Waals surface area contributed by atoms with E-state index in [1.165, 1.54) is 32.1 Å². The summed E-state index contributed by atoms with van der Waals surface area (Å²) in [5, 5.41) is 3.04. The van der Waals surface area contributed by atoms with Crippen LogP contribution >= 0.6 is 0 Å². The van der Waals surface area contributed by atoms with Crippen LogP contribution in [0, 0.1) is 5.82 Å². The molecule has 0 aromatic heterocycles. The first-order chi connectivity index (χ1) is 8.72. The Morgan fingerprint density at radius 3 is 2.61 bits per heavy atom. The van der Waals surface area contributed by atoms with Gasteiger partial charge in [0.25, 0.3) is 0 Å². The SMILES string of the molecule is CNCc1ccc(N(C)C2CCCCC2)c(F)c1. The summed E-state index contributed by atoms with van der Waals surface area (Å²) in [6.45, 7) is 0.713. The predicted molar refractivity (Wildman–Crippen MR) is 74.4 cm³/mol. The highest BCUT2D eigenvalue weighted by Gasteiger charge is 2.20. The minimum atomic E-state index is -0.101. The van der Waals surface area contributed by atoms with Gasteiger partial charge in [0.2, 0.25) is 0 Å². The van der Waals surface area contributed by atoms with Crippen molar-refractivity contribution in [2.45, 2.75) is 44.7 Å². The molecule has 100 valence electrons. The normalized spacial score (nSPS) is 16.8. The third-order valence-corrected chi connectivity index (χ3v) is 3.90. The van der Waals surface area contributed by atoms with E-state index in [4.69, 9.17) is 0 Å². The Hall–Kier alpha value is -1.09.